The zero-order valence-electron chi connectivity index (χ0n) is 9.33. The van der Waals surface area contributed by atoms with Crippen LogP contribution >= 0.6 is 0 Å². The van der Waals surface area contributed by atoms with Crippen LogP contribution in [0, 0.1) is 16.7 Å². The van der Waals surface area contributed by atoms with Gasteiger partial charge in [-0.1, -0.05) is 27.7 Å². The first-order valence-corrected chi connectivity index (χ1v) is 5.05. The third kappa shape index (κ3) is 1.92. The molecule has 0 saturated heterocycles. The minimum absolute atomic E-state index is 0.356. The SMILES string of the molecule is CC1(C)CC(C(=O)O)CC(C)(C)C1[O]. The Morgan fingerprint density at radius 1 is 1.14 bits per heavy atom. The standard InChI is InChI=1S/C11H19O3/c1-10(2)5-7(8(12)13)6-11(3,4)9(10)14/h7,9H,5-6H2,1-4H3,(H,12,13). The maximum Gasteiger partial charge on any atom is 0.306 e. The van der Waals surface area contributed by atoms with Gasteiger partial charge in [0.05, 0.1) is 5.92 Å². The van der Waals surface area contributed by atoms with E-state index in [9.17, 15) is 9.90 Å². The minimum Gasteiger partial charge on any atom is -0.481 e. The molecule has 1 N–H and O–H groups in total. The van der Waals surface area contributed by atoms with Gasteiger partial charge in [0.1, 0.15) is 6.10 Å². The Morgan fingerprint density at radius 2 is 1.50 bits per heavy atom. The molecule has 0 bridgehead atoms. The van der Waals surface area contributed by atoms with Crippen molar-refractivity contribution >= 4 is 5.97 Å². The smallest absolute Gasteiger partial charge is 0.306 e. The normalized spacial score (nSPS) is 35.2. The van der Waals surface area contributed by atoms with Crippen LogP contribution in [0.3, 0.4) is 0 Å². The fourth-order valence-corrected chi connectivity index (χ4v) is 2.79. The monoisotopic (exact) mass is 199 g/mol. The van der Waals surface area contributed by atoms with E-state index in [0.717, 1.165) is 0 Å². The quantitative estimate of drug-likeness (QED) is 0.704. The first-order chi connectivity index (χ1) is 6.17. The lowest BCUT2D eigenvalue weighted by Gasteiger charge is -2.46. The molecule has 0 amide bonds. The predicted octanol–water partition coefficient (Wildman–Crippen LogP) is 2.33. The van der Waals surface area contributed by atoms with Gasteiger partial charge in [-0.25, -0.2) is 5.11 Å². The minimum atomic E-state index is -0.766. The number of carboxylic acids is 1. The lowest BCUT2D eigenvalue weighted by Crippen LogP contribution is -2.48. The number of hydrogen-bond donors (Lipinski definition) is 1. The van der Waals surface area contributed by atoms with Gasteiger partial charge < -0.3 is 5.11 Å². The maximum absolute atomic E-state index is 12.0. The van der Waals surface area contributed by atoms with E-state index in [2.05, 4.69) is 0 Å². The molecule has 1 fully saturated rings. The molecule has 0 spiro atoms. The molecule has 0 aliphatic heterocycles. The summed E-state index contributed by atoms with van der Waals surface area (Å²) in [4.78, 5) is 10.9. The summed E-state index contributed by atoms with van der Waals surface area (Å²) in [7, 11) is 0. The maximum atomic E-state index is 12.0. The van der Waals surface area contributed by atoms with Crippen LogP contribution in [0.2, 0.25) is 0 Å². The molecule has 0 aromatic heterocycles. The van der Waals surface area contributed by atoms with Crippen molar-refractivity contribution in [3.8, 4) is 0 Å². The highest BCUT2D eigenvalue weighted by molar-refractivity contribution is 5.70. The summed E-state index contributed by atoms with van der Waals surface area (Å²) in [6.07, 6.45) is 0.324. The average Bonchev–Trinajstić information content (AvgIpc) is 1.98. The van der Waals surface area contributed by atoms with Crippen LogP contribution in [-0.4, -0.2) is 17.2 Å². The Bertz CT molecular complexity index is 225. The van der Waals surface area contributed by atoms with Gasteiger partial charge in [0, 0.05) is 0 Å². The van der Waals surface area contributed by atoms with Crippen LogP contribution in [0.4, 0.5) is 0 Å². The molecule has 0 aromatic carbocycles. The van der Waals surface area contributed by atoms with E-state index in [0.29, 0.717) is 12.8 Å². The second kappa shape index (κ2) is 3.23. The number of aliphatic carboxylic acids is 1. The van der Waals surface area contributed by atoms with Gasteiger partial charge in [-0.05, 0) is 23.7 Å². The summed E-state index contributed by atoms with van der Waals surface area (Å²) in [6, 6.07) is 0. The molecule has 1 saturated carbocycles. The van der Waals surface area contributed by atoms with Crippen molar-refractivity contribution in [1.29, 1.82) is 0 Å². The third-order valence-corrected chi connectivity index (χ3v) is 3.31. The average molecular weight is 199 g/mol. The number of rotatable bonds is 1. The molecule has 3 heteroatoms. The molecule has 0 unspecified atom stereocenters. The van der Waals surface area contributed by atoms with Crippen LogP contribution in [0.1, 0.15) is 40.5 Å². The predicted molar refractivity (Wildman–Crippen MR) is 52.4 cm³/mol. The molecule has 3 nitrogen and oxygen atoms in total. The van der Waals surface area contributed by atoms with Crippen molar-refractivity contribution in [1.82, 2.24) is 0 Å². The number of carboxylic acid groups (broad SMARTS) is 1. The Morgan fingerprint density at radius 3 is 1.79 bits per heavy atom. The van der Waals surface area contributed by atoms with Crippen LogP contribution < -0.4 is 0 Å². The number of hydrogen-bond acceptors (Lipinski definition) is 1. The van der Waals surface area contributed by atoms with Gasteiger partial charge in [0.15, 0.2) is 0 Å². The highest BCUT2D eigenvalue weighted by atomic mass is 16.4. The molecule has 14 heavy (non-hydrogen) atoms. The molecule has 1 aliphatic rings. The Hall–Kier alpha value is -0.570. The van der Waals surface area contributed by atoms with Crippen molar-refractivity contribution in [2.75, 3.05) is 0 Å². The molecule has 0 aromatic rings. The van der Waals surface area contributed by atoms with E-state index in [4.69, 9.17) is 5.11 Å². The molecule has 0 atom stereocenters. The van der Waals surface area contributed by atoms with E-state index in [-0.39, 0.29) is 5.92 Å². The van der Waals surface area contributed by atoms with Crippen LogP contribution in [-0.2, 0) is 9.90 Å². The summed E-state index contributed by atoms with van der Waals surface area (Å²) in [5, 5.41) is 21.0. The molecule has 1 aliphatic carbocycles. The fourth-order valence-electron chi connectivity index (χ4n) is 2.79. The van der Waals surface area contributed by atoms with E-state index < -0.39 is 22.9 Å². The largest absolute Gasteiger partial charge is 0.481 e. The molecule has 81 valence electrons. The van der Waals surface area contributed by atoms with Crippen LogP contribution in [0.15, 0.2) is 0 Å². The van der Waals surface area contributed by atoms with E-state index in [1.54, 1.807) is 0 Å². The second-order valence-electron chi connectivity index (χ2n) is 5.80. The molecule has 0 heterocycles. The van der Waals surface area contributed by atoms with Crippen LogP contribution in [0.5, 0.6) is 0 Å². The lowest BCUT2D eigenvalue weighted by atomic mass is 9.59. The third-order valence-electron chi connectivity index (χ3n) is 3.31. The summed E-state index contributed by atoms with van der Waals surface area (Å²) in [6.45, 7) is 7.51. The Kier molecular flexibility index (Phi) is 2.65. The van der Waals surface area contributed by atoms with Gasteiger partial charge in [-0.2, -0.15) is 0 Å². The van der Waals surface area contributed by atoms with Crippen molar-refractivity contribution in [2.24, 2.45) is 16.7 Å². The van der Waals surface area contributed by atoms with Gasteiger partial charge in [-0.3, -0.25) is 4.79 Å². The van der Waals surface area contributed by atoms with Crippen molar-refractivity contribution in [3.05, 3.63) is 0 Å². The summed E-state index contributed by atoms with van der Waals surface area (Å²) in [5.41, 5.74) is -0.824. The number of carbonyl (C=O) groups is 1. The van der Waals surface area contributed by atoms with Crippen LogP contribution in [0.25, 0.3) is 0 Å². The van der Waals surface area contributed by atoms with Crippen molar-refractivity contribution in [2.45, 2.75) is 46.6 Å². The molecule has 1 rings (SSSR count). The van der Waals surface area contributed by atoms with Gasteiger partial charge in [0.25, 0.3) is 0 Å². The molecule has 1 radical (unpaired) electrons. The van der Waals surface area contributed by atoms with E-state index in [1.165, 1.54) is 0 Å². The summed E-state index contributed by atoms with van der Waals surface area (Å²) >= 11 is 0. The van der Waals surface area contributed by atoms with Gasteiger partial charge in [0.2, 0.25) is 0 Å². The fraction of sp³-hybridized carbons (Fsp3) is 0.909. The van der Waals surface area contributed by atoms with Gasteiger partial charge >= 0.3 is 5.97 Å². The zero-order chi connectivity index (χ0) is 11.1. The highest BCUT2D eigenvalue weighted by Crippen LogP contribution is 2.48. The van der Waals surface area contributed by atoms with Crippen molar-refractivity contribution in [3.63, 3.8) is 0 Å². The first kappa shape index (κ1) is 11.5. The summed E-state index contributed by atoms with van der Waals surface area (Å²) < 4.78 is 0. The lowest BCUT2D eigenvalue weighted by molar-refractivity contribution is -0.162. The topological polar surface area (TPSA) is 57.2 Å². The van der Waals surface area contributed by atoms with Crippen molar-refractivity contribution < 1.29 is 15.0 Å². The second-order valence-corrected chi connectivity index (χ2v) is 5.80. The molecular formula is C11H19O3. The zero-order valence-corrected chi connectivity index (χ0v) is 9.33. The Labute approximate surface area is 85.1 Å². The molecular weight excluding hydrogens is 180 g/mol. The Balaban J connectivity index is 2.91. The van der Waals surface area contributed by atoms with E-state index in [1.807, 2.05) is 27.7 Å². The first-order valence-electron chi connectivity index (χ1n) is 5.05. The summed E-state index contributed by atoms with van der Waals surface area (Å²) in [5.74, 6) is -1.12. The highest BCUT2D eigenvalue weighted by Gasteiger charge is 2.49. The van der Waals surface area contributed by atoms with E-state index >= 15 is 0 Å². The van der Waals surface area contributed by atoms with Gasteiger partial charge in [-0.15, -0.1) is 0 Å².